The standard InChI is InChI=1S/C20H20N2O5S/c1-14-7-9-16(10-8-14)28(25,26)13-21-19(23)18-17-6-4-3-5-15(17)11-12-22(18)20(24)27-2/h3-12,18H,13H2,1-2H3,(H,21,23). The first-order chi connectivity index (χ1) is 13.3. The molecule has 1 aliphatic heterocycles. The van der Waals surface area contributed by atoms with Crippen LogP contribution in [0.3, 0.4) is 0 Å². The van der Waals surface area contributed by atoms with Gasteiger partial charge in [-0.1, -0.05) is 42.0 Å². The maximum atomic E-state index is 12.9. The minimum atomic E-state index is -3.72. The number of amides is 2. The lowest BCUT2D eigenvalue weighted by Gasteiger charge is -2.31. The number of hydrogen-bond donors (Lipinski definition) is 1. The van der Waals surface area contributed by atoms with E-state index in [0.717, 1.165) is 16.0 Å². The molecule has 8 heteroatoms. The highest BCUT2D eigenvalue weighted by Gasteiger charge is 2.34. The normalized spacial score (nSPS) is 15.6. The van der Waals surface area contributed by atoms with Crippen molar-refractivity contribution in [1.29, 1.82) is 0 Å². The van der Waals surface area contributed by atoms with E-state index in [1.54, 1.807) is 30.3 Å². The zero-order chi connectivity index (χ0) is 20.3. The Kier molecular flexibility index (Phi) is 5.51. The van der Waals surface area contributed by atoms with Crippen LogP contribution < -0.4 is 5.32 Å². The summed E-state index contributed by atoms with van der Waals surface area (Å²) in [5, 5.41) is 2.45. The van der Waals surface area contributed by atoms with Gasteiger partial charge in [0.05, 0.1) is 12.0 Å². The van der Waals surface area contributed by atoms with Crippen LogP contribution in [0.15, 0.2) is 59.6 Å². The van der Waals surface area contributed by atoms with Crippen molar-refractivity contribution in [2.45, 2.75) is 17.9 Å². The number of hydrogen-bond acceptors (Lipinski definition) is 5. The molecule has 0 spiro atoms. The largest absolute Gasteiger partial charge is 0.452 e. The predicted molar refractivity (Wildman–Crippen MR) is 104 cm³/mol. The number of aryl methyl sites for hydroxylation is 1. The molecule has 0 radical (unpaired) electrons. The number of benzene rings is 2. The van der Waals surface area contributed by atoms with Crippen molar-refractivity contribution >= 4 is 27.9 Å². The average molecular weight is 400 g/mol. The zero-order valence-electron chi connectivity index (χ0n) is 15.5. The predicted octanol–water partition coefficient (Wildman–Crippen LogP) is 2.64. The Hall–Kier alpha value is -3.13. The number of methoxy groups -OCH3 is 1. The first-order valence-corrected chi connectivity index (χ1v) is 10.2. The molecule has 1 aliphatic rings. The molecule has 0 fully saturated rings. The highest BCUT2D eigenvalue weighted by Crippen LogP contribution is 2.31. The highest BCUT2D eigenvalue weighted by molar-refractivity contribution is 7.91. The molecule has 146 valence electrons. The topological polar surface area (TPSA) is 92.8 Å². The molecule has 0 bridgehead atoms. The molecular weight excluding hydrogens is 380 g/mol. The van der Waals surface area contributed by atoms with Crippen molar-refractivity contribution in [3.8, 4) is 0 Å². The van der Waals surface area contributed by atoms with Crippen molar-refractivity contribution < 1.29 is 22.7 Å². The Labute approximate surface area is 163 Å². The number of carbonyl (C=O) groups is 2. The molecule has 2 aromatic carbocycles. The maximum absolute atomic E-state index is 12.9. The smallest absolute Gasteiger partial charge is 0.414 e. The third kappa shape index (κ3) is 3.91. The second kappa shape index (κ2) is 7.85. The summed E-state index contributed by atoms with van der Waals surface area (Å²) in [5.41, 5.74) is 2.28. The summed E-state index contributed by atoms with van der Waals surface area (Å²) in [6, 6.07) is 12.4. The van der Waals surface area contributed by atoms with Gasteiger partial charge >= 0.3 is 6.09 Å². The molecule has 1 atom stereocenters. The fourth-order valence-electron chi connectivity index (χ4n) is 2.94. The summed E-state index contributed by atoms with van der Waals surface area (Å²) in [4.78, 5) is 26.2. The lowest BCUT2D eigenvalue weighted by atomic mass is 9.96. The van der Waals surface area contributed by atoms with Crippen LogP contribution in [0.2, 0.25) is 0 Å². The van der Waals surface area contributed by atoms with Gasteiger partial charge in [-0.25, -0.2) is 13.2 Å². The van der Waals surface area contributed by atoms with Crippen LogP contribution >= 0.6 is 0 Å². The van der Waals surface area contributed by atoms with Gasteiger partial charge < -0.3 is 10.1 Å². The minimum absolute atomic E-state index is 0.118. The quantitative estimate of drug-likeness (QED) is 0.852. The third-order valence-electron chi connectivity index (χ3n) is 4.43. The SMILES string of the molecule is COC(=O)N1C=Cc2ccccc2C1C(=O)NCS(=O)(=O)c1ccc(C)cc1. The lowest BCUT2D eigenvalue weighted by Crippen LogP contribution is -2.43. The summed E-state index contributed by atoms with van der Waals surface area (Å²) in [6.07, 6.45) is 2.43. The van der Waals surface area contributed by atoms with Crippen LogP contribution in [0.25, 0.3) is 6.08 Å². The van der Waals surface area contributed by atoms with E-state index in [1.807, 2.05) is 19.1 Å². The van der Waals surface area contributed by atoms with E-state index in [-0.39, 0.29) is 4.90 Å². The number of carbonyl (C=O) groups excluding carboxylic acids is 2. The van der Waals surface area contributed by atoms with Crippen LogP contribution in [0.1, 0.15) is 22.7 Å². The van der Waals surface area contributed by atoms with E-state index < -0.39 is 33.8 Å². The van der Waals surface area contributed by atoms with Crippen molar-refractivity contribution in [2.75, 3.05) is 13.0 Å². The molecule has 3 rings (SSSR count). The van der Waals surface area contributed by atoms with Gasteiger partial charge in [-0.2, -0.15) is 0 Å². The molecule has 0 aliphatic carbocycles. The number of sulfone groups is 1. The monoisotopic (exact) mass is 400 g/mol. The average Bonchev–Trinajstić information content (AvgIpc) is 2.71. The fraction of sp³-hybridized carbons (Fsp3) is 0.200. The highest BCUT2D eigenvalue weighted by atomic mass is 32.2. The van der Waals surface area contributed by atoms with Crippen molar-refractivity contribution in [3.05, 3.63) is 71.4 Å². The number of ether oxygens (including phenoxy) is 1. The maximum Gasteiger partial charge on any atom is 0.414 e. The summed E-state index contributed by atoms with van der Waals surface area (Å²) in [6.45, 7) is 1.85. The van der Waals surface area contributed by atoms with Crippen molar-refractivity contribution in [1.82, 2.24) is 10.2 Å². The van der Waals surface area contributed by atoms with E-state index in [1.165, 1.54) is 25.4 Å². The van der Waals surface area contributed by atoms with Crippen LogP contribution in [0.4, 0.5) is 4.79 Å². The molecule has 2 aromatic rings. The first kappa shape index (κ1) is 19.6. The van der Waals surface area contributed by atoms with Gasteiger partial charge in [-0.15, -0.1) is 0 Å². The number of fused-ring (bicyclic) bond motifs is 1. The lowest BCUT2D eigenvalue weighted by molar-refractivity contribution is -0.125. The molecule has 2 amide bonds. The molecule has 0 aromatic heterocycles. The van der Waals surface area contributed by atoms with Gasteiger partial charge in [0.2, 0.25) is 5.91 Å². The summed E-state index contributed by atoms with van der Waals surface area (Å²) >= 11 is 0. The van der Waals surface area contributed by atoms with E-state index in [4.69, 9.17) is 4.74 Å². The minimum Gasteiger partial charge on any atom is -0.452 e. The zero-order valence-corrected chi connectivity index (χ0v) is 16.3. The van der Waals surface area contributed by atoms with Gasteiger partial charge in [-0.3, -0.25) is 9.69 Å². The van der Waals surface area contributed by atoms with Gasteiger partial charge in [0.1, 0.15) is 11.9 Å². The summed E-state index contributed by atoms with van der Waals surface area (Å²) in [7, 11) is -2.50. The molecule has 1 N–H and O–H groups in total. The fourth-order valence-corrected chi connectivity index (χ4v) is 3.99. The number of nitrogens with one attached hydrogen (secondary N) is 1. The first-order valence-electron chi connectivity index (χ1n) is 8.54. The van der Waals surface area contributed by atoms with Crippen LogP contribution in [0.5, 0.6) is 0 Å². The van der Waals surface area contributed by atoms with E-state index in [0.29, 0.717) is 5.56 Å². The van der Waals surface area contributed by atoms with Crippen LogP contribution in [-0.2, 0) is 19.4 Å². The third-order valence-corrected chi connectivity index (χ3v) is 5.95. The second-order valence-corrected chi connectivity index (χ2v) is 8.33. The summed E-state index contributed by atoms with van der Waals surface area (Å²) in [5.74, 6) is -1.19. The number of rotatable bonds is 4. The number of nitrogens with zero attached hydrogens (tertiary/aromatic N) is 1. The van der Waals surface area contributed by atoms with Gasteiger partial charge in [0, 0.05) is 6.20 Å². The van der Waals surface area contributed by atoms with Crippen molar-refractivity contribution in [3.63, 3.8) is 0 Å². The molecule has 0 saturated carbocycles. The molecule has 28 heavy (non-hydrogen) atoms. The molecule has 1 heterocycles. The van der Waals surface area contributed by atoms with Crippen LogP contribution in [-0.4, -0.2) is 38.3 Å². The Morgan fingerprint density at radius 3 is 2.46 bits per heavy atom. The molecular formula is C20H20N2O5S. The Morgan fingerprint density at radius 2 is 1.79 bits per heavy atom. The van der Waals surface area contributed by atoms with Gasteiger partial charge in [0.15, 0.2) is 9.84 Å². The van der Waals surface area contributed by atoms with Crippen molar-refractivity contribution in [2.24, 2.45) is 0 Å². The van der Waals surface area contributed by atoms with E-state index in [2.05, 4.69) is 5.32 Å². The molecule has 0 saturated heterocycles. The molecule has 7 nitrogen and oxygen atoms in total. The van der Waals surface area contributed by atoms with Gasteiger partial charge in [0.25, 0.3) is 0 Å². The van der Waals surface area contributed by atoms with E-state index >= 15 is 0 Å². The summed E-state index contributed by atoms with van der Waals surface area (Å²) < 4.78 is 29.8. The second-order valence-electron chi connectivity index (χ2n) is 6.34. The van der Waals surface area contributed by atoms with E-state index in [9.17, 15) is 18.0 Å². The Bertz CT molecular complexity index is 1030. The Morgan fingerprint density at radius 1 is 1.11 bits per heavy atom. The van der Waals surface area contributed by atoms with Crippen LogP contribution in [0, 0.1) is 6.92 Å². The molecule has 1 unspecified atom stereocenters. The van der Waals surface area contributed by atoms with Gasteiger partial charge in [-0.05, 0) is 36.3 Å². The Balaban J connectivity index is 1.84.